The van der Waals surface area contributed by atoms with Gasteiger partial charge in [0.2, 0.25) is 5.91 Å². The maximum atomic E-state index is 12.9. The molecule has 1 aliphatic rings. The fourth-order valence-corrected chi connectivity index (χ4v) is 5.17. The third-order valence-electron chi connectivity index (χ3n) is 6.98. The molecular weight excluding hydrogens is 448 g/mol. The Kier molecular flexibility index (Phi) is 5.64. The lowest BCUT2D eigenvalue weighted by Gasteiger charge is -2.18. The van der Waals surface area contributed by atoms with Gasteiger partial charge in [-0.25, -0.2) is 9.97 Å². The summed E-state index contributed by atoms with van der Waals surface area (Å²) in [7, 11) is 0. The molecule has 6 rings (SSSR count). The second kappa shape index (κ2) is 9.11. The van der Waals surface area contributed by atoms with Crippen molar-refractivity contribution in [3.63, 3.8) is 0 Å². The zero-order chi connectivity index (χ0) is 24.6. The van der Waals surface area contributed by atoms with Crippen molar-refractivity contribution in [2.24, 2.45) is 5.92 Å². The van der Waals surface area contributed by atoms with Crippen LogP contribution in [0.2, 0.25) is 0 Å². The monoisotopic (exact) mass is 476 g/mol. The summed E-state index contributed by atoms with van der Waals surface area (Å²) < 4.78 is 6.16. The predicted molar refractivity (Wildman–Crippen MR) is 144 cm³/mol. The van der Waals surface area contributed by atoms with Crippen molar-refractivity contribution in [1.29, 1.82) is 0 Å². The number of rotatable bonds is 5. The number of anilines is 2. The van der Waals surface area contributed by atoms with Gasteiger partial charge >= 0.3 is 0 Å². The summed E-state index contributed by atoms with van der Waals surface area (Å²) in [4.78, 5) is 24.5. The molecule has 2 aromatic heterocycles. The third kappa shape index (κ3) is 4.19. The Morgan fingerprint density at radius 2 is 1.81 bits per heavy atom. The number of nitrogens with one attached hydrogen (secondary N) is 1. The van der Waals surface area contributed by atoms with Crippen molar-refractivity contribution >= 4 is 39.5 Å². The van der Waals surface area contributed by atoms with Gasteiger partial charge in [0, 0.05) is 30.6 Å². The predicted octanol–water partition coefficient (Wildman–Crippen LogP) is 6.51. The van der Waals surface area contributed by atoms with E-state index in [0.717, 1.165) is 70.0 Å². The third-order valence-corrected chi connectivity index (χ3v) is 6.98. The second-order valence-corrected chi connectivity index (χ2v) is 9.62. The van der Waals surface area contributed by atoms with Crippen LogP contribution in [0.25, 0.3) is 33.2 Å². The number of para-hydroxylation sites is 1. The molecule has 0 spiro atoms. The number of carbonyl (C=O) groups is 1. The maximum absolute atomic E-state index is 12.9. The summed E-state index contributed by atoms with van der Waals surface area (Å²) in [5, 5.41) is 4.13. The number of hydrogen-bond acceptors (Lipinski definition) is 5. The van der Waals surface area contributed by atoms with E-state index in [9.17, 15) is 4.79 Å². The number of nitrogens with zero attached hydrogens (tertiary/aromatic N) is 3. The number of amides is 1. The highest BCUT2D eigenvalue weighted by atomic mass is 16.3. The van der Waals surface area contributed by atoms with Gasteiger partial charge in [0.15, 0.2) is 11.4 Å². The topological polar surface area (TPSA) is 71.3 Å². The zero-order valence-corrected chi connectivity index (χ0v) is 20.5. The molecule has 6 heteroatoms. The van der Waals surface area contributed by atoms with E-state index in [-0.39, 0.29) is 11.8 Å². The molecule has 1 N–H and O–H groups in total. The van der Waals surface area contributed by atoms with Crippen LogP contribution in [0, 0.1) is 19.8 Å². The standard InChI is InChI=1S/C30H28N4O2/c1-19-16-23(22-8-4-3-5-9-22)12-13-25(19)33-27(35)17-21-14-15-34(18-21)30-29-28(31-20(2)32-30)24-10-6-7-11-26(24)36-29/h3-13,16,21H,14-15,17-18H2,1-2H3,(H,33,35)/t21-/m1/s1. The average Bonchev–Trinajstić information content (AvgIpc) is 3.50. The summed E-state index contributed by atoms with van der Waals surface area (Å²) in [6.07, 6.45) is 1.41. The van der Waals surface area contributed by atoms with Gasteiger partial charge in [-0.05, 0) is 67.1 Å². The van der Waals surface area contributed by atoms with Crippen molar-refractivity contribution in [2.45, 2.75) is 26.7 Å². The van der Waals surface area contributed by atoms with E-state index in [4.69, 9.17) is 9.40 Å². The summed E-state index contributed by atoms with van der Waals surface area (Å²) >= 11 is 0. The molecule has 0 unspecified atom stereocenters. The van der Waals surface area contributed by atoms with E-state index in [0.29, 0.717) is 6.42 Å². The van der Waals surface area contributed by atoms with E-state index in [1.54, 1.807) is 0 Å². The lowest BCUT2D eigenvalue weighted by molar-refractivity contribution is -0.116. The van der Waals surface area contributed by atoms with Crippen LogP contribution in [0.4, 0.5) is 11.5 Å². The molecule has 1 fully saturated rings. The molecule has 5 aromatic rings. The molecular formula is C30H28N4O2. The Hall–Kier alpha value is -4.19. The van der Waals surface area contributed by atoms with E-state index < -0.39 is 0 Å². The van der Waals surface area contributed by atoms with Gasteiger partial charge in [-0.1, -0.05) is 48.5 Å². The molecule has 180 valence electrons. The number of aromatic nitrogens is 2. The first-order chi connectivity index (χ1) is 17.5. The molecule has 0 radical (unpaired) electrons. The first-order valence-electron chi connectivity index (χ1n) is 12.4. The fraction of sp³-hybridized carbons (Fsp3) is 0.233. The molecule has 0 bridgehead atoms. The molecule has 3 aromatic carbocycles. The summed E-state index contributed by atoms with van der Waals surface area (Å²) in [6.45, 7) is 5.56. The van der Waals surface area contributed by atoms with Crippen molar-refractivity contribution in [1.82, 2.24) is 9.97 Å². The van der Waals surface area contributed by atoms with Gasteiger partial charge in [0.25, 0.3) is 0 Å². The first-order valence-corrected chi connectivity index (χ1v) is 12.4. The Labute approximate surface area is 210 Å². The van der Waals surface area contributed by atoms with E-state index in [2.05, 4.69) is 39.5 Å². The van der Waals surface area contributed by atoms with Gasteiger partial charge in [0.1, 0.15) is 16.9 Å². The Balaban J connectivity index is 1.15. The molecule has 0 aliphatic carbocycles. The number of benzene rings is 3. The minimum absolute atomic E-state index is 0.0464. The minimum atomic E-state index is 0.0464. The number of hydrogen-bond donors (Lipinski definition) is 1. The lowest BCUT2D eigenvalue weighted by atomic mass is 10.0. The lowest BCUT2D eigenvalue weighted by Crippen LogP contribution is -2.23. The van der Waals surface area contributed by atoms with E-state index in [1.807, 2.05) is 62.4 Å². The first kappa shape index (κ1) is 22.3. The minimum Gasteiger partial charge on any atom is -0.450 e. The highest BCUT2D eigenvalue weighted by Crippen LogP contribution is 2.35. The highest BCUT2D eigenvalue weighted by molar-refractivity contribution is 6.05. The summed E-state index contributed by atoms with van der Waals surface area (Å²) in [5.41, 5.74) is 6.63. The maximum Gasteiger partial charge on any atom is 0.224 e. The summed E-state index contributed by atoms with van der Waals surface area (Å²) in [6, 6.07) is 24.4. The van der Waals surface area contributed by atoms with Gasteiger partial charge in [-0.15, -0.1) is 0 Å². The quantitative estimate of drug-likeness (QED) is 0.313. The normalized spacial score (nSPS) is 15.6. The summed E-state index contributed by atoms with van der Waals surface area (Å²) in [5.74, 6) is 1.84. The van der Waals surface area contributed by atoms with Gasteiger partial charge in [0.05, 0.1) is 0 Å². The molecule has 3 heterocycles. The van der Waals surface area contributed by atoms with Crippen LogP contribution in [0.5, 0.6) is 0 Å². The molecule has 6 nitrogen and oxygen atoms in total. The van der Waals surface area contributed by atoms with Gasteiger partial charge < -0.3 is 14.6 Å². The fourth-order valence-electron chi connectivity index (χ4n) is 5.17. The zero-order valence-electron chi connectivity index (χ0n) is 20.5. The Morgan fingerprint density at radius 1 is 1.00 bits per heavy atom. The van der Waals surface area contributed by atoms with Gasteiger partial charge in [-0.2, -0.15) is 0 Å². The Morgan fingerprint density at radius 3 is 2.64 bits per heavy atom. The number of furan rings is 1. The smallest absolute Gasteiger partial charge is 0.224 e. The number of fused-ring (bicyclic) bond motifs is 3. The van der Waals surface area contributed by atoms with Crippen molar-refractivity contribution in [3.05, 3.63) is 84.2 Å². The van der Waals surface area contributed by atoms with Gasteiger partial charge in [-0.3, -0.25) is 4.79 Å². The highest BCUT2D eigenvalue weighted by Gasteiger charge is 2.28. The van der Waals surface area contributed by atoms with Crippen LogP contribution in [0.1, 0.15) is 24.2 Å². The number of carbonyl (C=O) groups excluding carboxylic acids is 1. The molecule has 1 atom stereocenters. The van der Waals surface area contributed by atoms with Crippen LogP contribution >= 0.6 is 0 Å². The molecule has 36 heavy (non-hydrogen) atoms. The largest absolute Gasteiger partial charge is 0.450 e. The van der Waals surface area contributed by atoms with Crippen molar-refractivity contribution < 1.29 is 9.21 Å². The number of aryl methyl sites for hydroxylation is 2. The van der Waals surface area contributed by atoms with E-state index in [1.165, 1.54) is 5.56 Å². The van der Waals surface area contributed by atoms with Crippen LogP contribution in [-0.4, -0.2) is 29.0 Å². The van der Waals surface area contributed by atoms with Crippen LogP contribution < -0.4 is 10.2 Å². The van der Waals surface area contributed by atoms with Crippen LogP contribution in [0.15, 0.2) is 77.2 Å². The van der Waals surface area contributed by atoms with Crippen molar-refractivity contribution in [2.75, 3.05) is 23.3 Å². The average molecular weight is 477 g/mol. The van der Waals surface area contributed by atoms with Crippen LogP contribution in [-0.2, 0) is 4.79 Å². The molecule has 1 saturated heterocycles. The molecule has 0 saturated carbocycles. The molecule has 1 aliphatic heterocycles. The SMILES string of the molecule is Cc1nc(N2CC[C@H](CC(=O)Nc3ccc(-c4ccccc4)cc3C)C2)c2oc3ccccc3c2n1. The second-order valence-electron chi connectivity index (χ2n) is 9.62. The Bertz CT molecular complexity index is 1570. The van der Waals surface area contributed by atoms with Crippen LogP contribution in [0.3, 0.4) is 0 Å². The molecule has 1 amide bonds. The van der Waals surface area contributed by atoms with Crippen molar-refractivity contribution in [3.8, 4) is 11.1 Å². The van der Waals surface area contributed by atoms with E-state index >= 15 is 0 Å².